The van der Waals surface area contributed by atoms with Crippen molar-refractivity contribution in [3.8, 4) is 0 Å². The van der Waals surface area contributed by atoms with Crippen LogP contribution in [0.25, 0.3) is 10.9 Å². The fourth-order valence-corrected chi connectivity index (χ4v) is 1.92. The van der Waals surface area contributed by atoms with Gasteiger partial charge in [0.1, 0.15) is 5.69 Å². The van der Waals surface area contributed by atoms with Crippen molar-refractivity contribution in [3.05, 3.63) is 41.9 Å². The first kappa shape index (κ1) is 12.9. The Balaban J connectivity index is 1.87. The Bertz CT molecular complexity index is 770. The topological polar surface area (TPSA) is 134 Å². The number of nitrogen functional groups attached to an aromatic ring is 1. The number of aromatic amines is 1. The van der Waals surface area contributed by atoms with Gasteiger partial charge in [0.15, 0.2) is 5.82 Å². The van der Waals surface area contributed by atoms with Crippen molar-refractivity contribution in [1.82, 2.24) is 30.9 Å². The largest absolute Gasteiger partial charge is 0.343 e. The van der Waals surface area contributed by atoms with Crippen LogP contribution in [0.2, 0.25) is 0 Å². The minimum absolute atomic E-state index is 0.162. The Kier molecular flexibility index (Phi) is 3.39. The van der Waals surface area contributed by atoms with E-state index in [1.165, 1.54) is 0 Å². The van der Waals surface area contributed by atoms with Crippen LogP contribution in [0.1, 0.15) is 16.3 Å². The molecule has 3 rings (SSSR count). The van der Waals surface area contributed by atoms with E-state index in [1.54, 1.807) is 6.07 Å². The molecule has 2 aromatic heterocycles. The number of H-pyrrole nitrogens is 1. The molecule has 0 bridgehead atoms. The predicted molar refractivity (Wildman–Crippen MR) is 74.9 cm³/mol. The first-order chi connectivity index (χ1) is 10.3. The monoisotopic (exact) mass is 284 g/mol. The SMILES string of the molecule is NNc1cc(C(=O)NCc2nn[nH]n2)nc2ccccc12. The van der Waals surface area contributed by atoms with Gasteiger partial charge in [-0.15, -0.1) is 10.2 Å². The van der Waals surface area contributed by atoms with Gasteiger partial charge in [0, 0.05) is 5.39 Å². The lowest BCUT2D eigenvalue weighted by atomic mass is 10.1. The standard InChI is InChI=1S/C12H12N8O/c13-16-9-5-10(15-8-4-2-1-3-7(8)9)12(21)14-6-11-17-19-20-18-11/h1-5H,6,13H2,(H,14,21)(H,15,16)(H,17,18,19,20). The van der Waals surface area contributed by atoms with Crippen LogP contribution >= 0.6 is 0 Å². The zero-order chi connectivity index (χ0) is 14.7. The molecule has 106 valence electrons. The van der Waals surface area contributed by atoms with Gasteiger partial charge >= 0.3 is 0 Å². The maximum absolute atomic E-state index is 12.1. The second-order valence-electron chi connectivity index (χ2n) is 4.23. The van der Waals surface area contributed by atoms with Crippen LogP contribution in [0.3, 0.4) is 0 Å². The van der Waals surface area contributed by atoms with E-state index >= 15 is 0 Å². The molecule has 5 N–H and O–H groups in total. The molecule has 1 aromatic carbocycles. The molecule has 0 atom stereocenters. The van der Waals surface area contributed by atoms with Crippen LogP contribution in [0.15, 0.2) is 30.3 Å². The van der Waals surface area contributed by atoms with Crippen LogP contribution in [0.4, 0.5) is 5.69 Å². The fraction of sp³-hybridized carbons (Fsp3) is 0.0833. The summed E-state index contributed by atoms with van der Waals surface area (Å²) in [5.74, 6) is 5.54. The Hall–Kier alpha value is -3.07. The number of rotatable bonds is 4. The molecule has 9 heteroatoms. The van der Waals surface area contributed by atoms with Crippen molar-refractivity contribution >= 4 is 22.5 Å². The summed E-state index contributed by atoms with van der Waals surface area (Å²) >= 11 is 0. The third-order valence-corrected chi connectivity index (χ3v) is 2.90. The third kappa shape index (κ3) is 2.62. The molecule has 0 saturated heterocycles. The number of nitrogens with zero attached hydrogens (tertiary/aromatic N) is 4. The number of hydrogen-bond acceptors (Lipinski definition) is 7. The van der Waals surface area contributed by atoms with Crippen LogP contribution in [-0.4, -0.2) is 31.5 Å². The molecular weight excluding hydrogens is 272 g/mol. The highest BCUT2D eigenvalue weighted by Crippen LogP contribution is 2.22. The fourth-order valence-electron chi connectivity index (χ4n) is 1.92. The van der Waals surface area contributed by atoms with Crippen LogP contribution < -0.4 is 16.6 Å². The number of carbonyl (C=O) groups is 1. The Morgan fingerprint density at radius 2 is 2.19 bits per heavy atom. The van der Waals surface area contributed by atoms with Gasteiger partial charge in [0.25, 0.3) is 5.91 Å². The van der Waals surface area contributed by atoms with Crippen LogP contribution in [-0.2, 0) is 6.54 Å². The molecular formula is C12H12N8O. The number of hydrazine groups is 1. The maximum atomic E-state index is 12.1. The number of benzene rings is 1. The summed E-state index contributed by atoms with van der Waals surface area (Å²) in [7, 11) is 0. The summed E-state index contributed by atoms with van der Waals surface area (Å²) in [6.07, 6.45) is 0. The molecule has 21 heavy (non-hydrogen) atoms. The molecule has 0 unspecified atom stereocenters. The number of pyridine rings is 1. The van der Waals surface area contributed by atoms with Crippen molar-refractivity contribution in [3.63, 3.8) is 0 Å². The smallest absolute Gasteiger partial charge is 0.270 e. The van der Waals surface area contributed by atoms with Crippen molar-refractivity contribution < 1.29 is 4.79 Å². The molecule has 1 amide bonds. The minimum atomic E-state index is -0.345. The first-order valence-electron chi connectivity index (χ1n) is 6.15. The van der Waals surface area contributed by atoms with Gasteiger partial charge in [-0.3, -0.25) is 10.6 Å². The average Bonchev–Trinajstić information content (AvgIpc) is 3.04. The molecule has 3 aromatic rings. The number of hydrogen-bond donors (Lipinski definition) is 4. The van der Waals surface area contributed by atoms with E-state index in [0.29, 0.717) is 17.0 Å². The molecule has 0 aliphatic rings. The predicted octanol–water partition coefficient (Wildman–Crippen LogP) is -0.0365. The van der Waals surface area contributed by atoms with E-state index in [4.69, 9.17) is 5.84 Å². The number of aromatic nitrogens is 5. The molecule has 0 aliphatic heterocycles. The number of fused-ring (bicyclic) bond motifs is 1. The van der Waals surface area contributed by atoms with E-state index in [2.05, 4.69) is 36.4 Å². The lowest BCUT2D eigenvalue weighted by molar-refractivity contribution is 0.0945. The maximum Gasteiger partial charge on any atom is 0.270 e. The molecule has 0 spiro atoms. The van der Waals surface area contributed by atoms with E-state index in [0.717, 1.165) is 5.39 Å². The zero-order valence-electron chi connectivity index (χ0n) is 10.9. The number of tetrazole rings is 1. The summed E-state index contributed by atoms with van der Waals surface area (Å²) in [6.45, 7) is 0.162. The van der Waals surface area contributed by atoms with Gasteiger partial charge in [-0.1, -0.05) is 23.4 Å². The van der Waals surface area contributed by atoms with E-state index in [9.17, 15) is 4.79 Å². The van der Waals surface area contributed by atoms with Crippen molar-refractivity contribution in [2.24, 2.45) is 5.84 Å². The highest BCUT2D eigenvalue weighted by atomic mass is 16.1. The molecule has 2 heterocycles. The number of nitrogens with two attached hydrogens (primary N) is 1. The normalized spacial score (nSPS) is 10.5. The molecule has 0 fully saturated rings. The summed E-state index contributed by atoms with van der Waals surface area (Å²) in [6, 6.07) is 9.00. The van der Waals surface area contributed by atoms with Gasteiger partial charge in [-0.2, -0.15) is 5.21 Å². The Labute approximate surface area is 118 Å². The first-order valence-corrected chi connectivity index (χ1v) is 6.15. The van der Waals surface area contributed by atoms with Gasteiger partial charge in [-0.25, -0.2) is 4.98 Å². The second-order valence-corrected chi connectivity index (χ2v) is 4.23. The lowest BCUT2D eigenvalue weighted by Crippen LogP contribution is -2.25. The third-order valence-electron chi connectivity index (χ3n) is 2.90. The zero-order valence-corrected chi connectivity index (χ0v) is 10.9. The Morgan fingerprint density at radius 1 is 1.33 bits per heavy atom. The molecule has 0 saturated carbocycles. The van der Waals surface area contributed by atoms with Gasteiger partial charge in [0.2, 0.25) is 0 Å². The number of anilines is 1. The minimum Gasteiger partial charge on any atom is -0.343 e. The summed E-state index contributed by atoms with van der Waals surface area (Å²) in [4.78, 5) is 16.4. The molecule has 9 nitrogen and oxygen atoms in total. The lowest BCUT2D eigenvalue weighted by Gasteiger charge is -2.08. The number of carbonyl (C=O) groups excluding carboxylic acids is 1. The molecule has 0 radical (unpaired) electrons. The summed E-state index contributed by atoms with van der Waals surface area (Å²) in [5, 5.41) is 16.7. The van der Waals surface area contributed by atoms with Crippen molar-refractivity contribution in [2.45, 2.75) is 6.54 Å². The van der Waals surface area contributed by atoms with Gasteiger partial charge < -0.3 is 10.7 Å². The average molecular weight is 284 g/mol. The van der Waals surface area contributed by atoms with Crippen LogP contribution in [0, 0.1) is 0 Å². The van der Waals surface area contributed by atoms with Crippen molar-refractivity contribution in [2.75, 3.05) is 5.43 Å². The van der Waals surface area contributed by atoms with E-state index in [-0.39, 0.29) is 18.1 Å². The van der Waals surface area contributed by atoms with Gasteiger partial charge in [0.05, 0.1) is 17.7 Å². The highest BCUT2D eigenvalue weighted by Gasteiger charge is 2.12. The Morgan fingerprint density at radius 3 is 2.95 bits per heavy atom. The number of para-hydroxylation sites is 1. The quantitative estimate of drug-likeness (QED) is 0.390. The highest BCUT2D eigenvalue weighted by molar-refractivity contribution is 5.99. The van der Waals surface area contributed by atoms with Gasteiger partial charge in [-0.05, 0) is 12.1 Å². The van der Waals surface area contributed by atoms with Crippen LogP contribution in [0.5, 0.6) is 0 Å². The van der Waals surface area contributed by atoms with E-state index in [1.807, 2.05) is 24.3 Å². The van der Waals surface area contributed by atoms with E-state index < -0.39 is 0 Å². The molecule has 0 aliphatic carbocycles. The number of amides is 1. The number of nitrogens with one attached hydrogen (secondary N) is 3. The summed E-state index contributed by atoms with van der Waals surface area (Å²) < 4.78 is 0. The van der Waals surface area contributed by atoms with Crippen molar-refractivity contribution in [1.29, 1.82) is 0 Å². The summed E-state index contributed by atoms with van der Waals surface area (Å²) in [5.41, 5.74) is 4.14. The second kappa shape index (κ2) is 5.51.